The predicted molar refractivity (Wildman–Crippen MR) is 122 cm³/mol. The van der Waals surface area contributed by atoms with Crippen LogP contribution in [0.15, 0.2) is 54.9 Å². The molecule has 0 atom stereocenters. The Morgan fingerprint density at radius 1 is 1.13 bits per heavy atom. The molecule has 30 heavy (non-hydrogen) atoms. The number of carbonyl (C=O) groups is 1. The van der Waals surface area contributed by atoms with Crippen molar-refractivity contribution < 1.29 is 9.53 Å². The Balaban J connectivity index is 1.84. The lowest BCUT2D eigenvalue weighted by Gasteiger charge is -2.20. The number of methoxy groups -OCH3 is 1. The van der Waals surface area contributed by atoms with Crippen LogP contribution in [0.3, 0.4) is 0 Å². The summed E-state index contributed by atoms with van der Waals surface area (Å²) in [5.41, 5.74) is 1.79. The third-order valence-corrected chi connectivity index (χ3v) is 6.29. The van der Waals surface area contributed by atoms with Crippen LogP contribution >= 0.6 is 46.1 Å². The highest BCUT2D eigenvalue weighted by molar-refractivity contribution is 7.23. The smallest absolute Gasteiger partial charge is 0.260 e. The second kappa shape index (κ2) is 8.78. The van der Waals surface area contributed by atoms with Gasteiger partial charge in [0.2, 0.25) is 0 Å². The van der Waals surface area contributed by atoms with E-state index in [0.29, 0.717) is 37.0 Å². The van der Waals surface area contributed by atoms with Gasteiger partial charge in [0.1, 0.15) is 11.3 Å². The van der Waals surface area contributed by atoms with Crippen LogP contribution in [0.1, 0.15) is 15.9 Å². The van der Waals surface area contributed by atoms with Crippen LogP contribution in [-0.4, -0.2) is 23.0 Å². The standard InChI is InChI=1S/C21H14Cl3N3O2S/c1-29-17-5-4-16(24)19-18(17)26-21(30-19)27(11-12-3-2-6-25-10-12)20(28)13-7-14(22)9-15(23)8-13/h2-10H,11H2,1H3. The van der Waals surface area contributed by atoms with Crippen LogP contribution in [0.25, 0.3) is 10.2 Å². The first-order valence-corrected chi connectivity index (χ1v) is 10.7. The fraction of sp³-hybridized carbons (Fsp3) is 0.0952. The van der Waals surface area contributed by atoms with Crippen LogP contribution in [0.5, 0.6) is 5.75 Å². The maximum atomic E-state index is 13.5. The van der Waals surface area contributed by atoms with E-state index in [9.17, 15) is 4.79 Å². The number of pyridine rings is 1. The monoisotopic (exact) mass is 477 g/mol. The number of anilines is 1. The van der Waals surface area contributed by atoms with E-state index in [4.69, 9.17) is 39.5 Å². The zero-order chi connectivity index (χ0) is 21.3. The molecule has 0 radical (unpaired) electrons. The number of carbonyl (C=O) groups excluding carboxylic acids is 1. The number of amides is 1. The lowest BCUT2D eigenvalue weighted by atomic mass is 10.2. The van der Waals surface area contributed by atoms with E-state index >= 15 is 0 Å². The lowest BCUT2D eigenvalue weighted by molar-refractivity contribution is 0.0985. The molecule has 2 heterocycles. The van der Waals surface area contributed by atoms with Crippen molar-refractivity contribution in [2.45, 2.75) is 6.54 Å². The number of hydrogen-bond acceptors (Lipinski definition) is 5. The molecule has 0 spiro atoms. The molecule has 0 saturated carbocycles. The molecule has 4 aromatic rings. The normalized spacial score (nSPS) is 10.9. The van der Waals surface area contributed by atoms with Gasteiger partial charge in [-0.1, -0.05) is 52.2 Å². The topological polar surface area (TPSA) is 55.3 Å². The first-order valence-electron chi connectivity index (χ1n) is 8.76. The van der Waals surface area contributed by atoms with Crippen molar-refractivity contribution >= 4 is 67.4 Å². The minimum atomic E-state index is -0.294. The van der Waals surface area contributed by atoms with Crippen molar-refractivity contribution in [3.63, 3.8) is 0 Å². The fourth-order valence-corrected chi connectivity index (χ4v) is 4.73. The molecular formula is C21H14Cl3N3O2S. The van der Waals surface area contributed by atoms with Crippen molar-refractivity contribution in [2.75, 3.05) is 12.0 Å². The predicted octanol–water partition coefficient (Wildman–Crippen LogP) is 6.51. The Kier molecular flexibility index (Phi) is 6.11. The molecule has 4 rings (SSSR count). The summed E-state index contributed by atoms with van der Waals surface area (Å²) in [6, 6.07) is 11.9. The first kappa shape index (κ1) is 20.9. The largest absolute Gasteiger partial charge is 0.494 e. The fourth-order valence-electron chi connectivity index (χ4n) is 2.96. The highest BCUT2D eigenvalue weighted by atomic mass is 35.5. The molecule has 2 aromatic heterocycles. The van der Waals surface area contributed by atoms with Gasteiger partial charge in [-0.3, -0.25) is 14.7 Å². The van der Waals surface area contributed by atoms with E-state index in [-0.39, 0.29) is 12.5 Å². The summed E-state index contributed by atoms with van der Waals surface area (Å²) in [5, 5.41) is 1.76. The molecule has 9 heteroatoms. The summed E-state index contributed by atoms with van der Waals surface area (Å²) in [7, 11) is 1.56. The molecule has 0 aliphatic heterocycles. The molecule has 0 aliphatic carbocycles. The third-order valence-electron chi connectivity index (χ3n) is 4.32. The van der Waals surface area contributed by atoms with E-state index in [1.807, 2.05) is 12.1 Å². The van der Waals surface area contributed by atoms with Gasteiger partial charge in [0.25, 0.3) is 5.91 Å². The minimum absolute atomic E-state index is 0.260. The number of nitrogens with zero attached hydrogens (tertiary/aromatic N) is 3. The Morgan fingerprint density at radius 3 is 2.57 bits per heavy atom. The van der Waals surface area contributed by atoms with Crippen molar-refractivity contribution in [3.8, 4) is 5.75 Å². The van der Waals surface area contributed by atoms with Crippen LogP contribution in [0.4, 0.5) is 5.13 Å². The van der Waals surface area contributed by atoms with Gasteiger partial charge in [-0.2, -0.15) is 0 Å². The summed E-state index contributed by atoms with van der Waals surface area (Å²) < 4.78 is 6.14. The van der Waals surface area contributed by atoms with Crippen molar-refractivity contribution in [2.24, 2.45) is 0 Å². The number of aromatic nitrogens is 2. The molecule has 1 amide bonds. The van der Waals surface area contributed by atoms with Crippen molar-refractivity contribution in [3.05, 3.63) is 81.1 Å². The van der Waals surface area contributed by atoms with Crippen molar-refractivity contribution in [1.29, 1.82) is 0 Å². The highest BCUT2D eigenvalue weighted by Crippen LogP contribution is 2.39. The number of benzene rings is 2. The number of ether oxygens (including phenoxy) is 1. The van der Waals surface area contributed by atoms with Gasteiger partial charge >= 0.3 is 0 Å². The Morgan fingerprint density at radius 2 is 1.90 bits per heavy atom. The number of rotatable bonds is 5. The zero-order valence-corrected chi connectivity index (χ0v) is 18.7. The van der Waals surface area contributed by atoms with E-state index in [0.717, 1.165) is 10.3 Å². The number of fused-ring (bicyclic) bond motifs is 1. The van der Waals surface area contributed by atoms with E-state index in [2.05, 4.69) is 9.97 Å². The van der Waals surface area contributed by atoms with Crippen LogP contribution in [-0.2, 0) is 6.54 Å². The summed E-state index contributed by atoms with van der Waals surface area (Å²) in [4.78, 5) is 23.8. The average Bonchev–Trinajstić information content (AvgIpc) is 3.18. The Hall–Kier alpha value is -2.38. The number of thiazole rings is 1. The molecule has 0 aliphatic rings. The summed E-state index contributed by atoms with van der Waals surface area (Å²) in [6.45, 7) is 0.260. The van der Waals surface area contributed by atoms with Gasteiger partial charge in [0.05, 0.1) is 23.4 Å². The molecular weight excluding hydrogens is 465 g/mol. The Labute approximate surface area is 191 Å². The van der Waals surface area contributed by atoms with E-state index < -0.39 is 0 Å². The molecule has 152 valence electrons. The van der Waals surface area contributed by atoms with Gasteiger partial charge < -0.3 is 4.74 Å². The van der Waals surface area contributed by atoms with Gasteiger partial charge in [0.15, 0.2) is 5.13 Å². The van der Waals surface area contributed by atoms with Crippen LogP contribution in [0.2, 0.25) is 15.1 Å². The molecule has 0 fully saturated rings. The maximum Gasteiger partial charge on any atom is 0.260 e. The molecule has 0 saturated heterocycles. The second-order valence-corrected chi connectivity index (χ2v) is 8.59. The van der Waals surface area contributed by atoms with E-state index in [1.54, 1.807) is 54.7 Å². The summed E-state index contributed by atoms with van der Waals surface area (Å²) in [6.07, 6.45) is 3.38. The molecule has 0 unspecified atom stereocenters. The highest BCUT2D eigenvalue weighted by Gasteiger charge is 2.24. The molecule has 0 bridgehead atoms. The SMILES string of the molecule is COc1ccc(Cl)c2sc(N(Cc3cccnc3)C(=O)c3cc(Cl)cc(Cl)c3)nc12. The van der Waals surface area contributed by atoms with Crippen molar-refractivity contribution in [1.82, 2.24) is 9.97 Å². The van der Waals surface area contributed by atoms with Gasteiger partial charge in [-0.25, -0.2) is 4.98 Å². The maximum absolute atomic E-state index is 13.5. The summed E-state index contributed by atoms with van der Waals surface area (Å²) >= 11 is 19.9. The Bertz CT molecular complexity index is 1210. The quantitative estimate of drug-likeness (QED) is 0.328. The van der Waals surface area contributed by atoms with Crippen LogP contribution in [0, 0.1) is 0 Å². The number of hydrogen-bond donors (Lipinski definition) is 0. The van der Waals surface area contributed by atoms with Gasteiger partial charge in [-0.05, 0) is 42.0 Å². The average molecular weight is 479 g/mol. The van der Waals surface area contributed by atoms with Gasteiger partial charge in [-0.15, -0.1) is 0 Å². The molecule has 0 N–H and O–H groups in total. The van der Waals surface area contributed by atoms with Gasteiger partial charge in [0, 0.05) is 28.0 Å². The molecule has 2 aromatic carbocycles. The first-order chi connectivity index (χ1) is 14.5. The van der Waals surface area contributed by atoms with Crippen LogP contribution < -0.4 is 9.64 Å². The summed E-state index contributed by atoms with van der Waals surface area (Å²) in [5.74, 6) is 0.286. The third kappa shape index (κ3) is 4.23. The second-order valence-electron chi connectivity index (χ2n) is 6.33. The zero-order valence-electron chi connectivity index (χ0n) is 15.6. The minimum Gasteiger partial charge on any atom is -0.494 e. The van der Waals surface area contributed by atoms with E-state index in [1.165, 1.54) is 11.3 Å². The number of halogens is 3. The lowest BCUT2D eigenvalue weighted by Crippen LogP contribution is -2.30. The molecule has 5 nitrogen and oxygen atoms in total.